The first-order valence-corrected chi connectivity index (χ1v) is 7.33. The molecule has 0 fully saturated rings. The average Bonchev–Trinajstić information content (AvgIpc) is 2.54. The first kappa shape index (κ1) is 16.5. The highest BCUT2D eigenvalue weighted by Crippen LogP contribution is 2.21. The van der Waals surface area contributed by atoms with E-state index in [0.717, 1.165) is 12.0 Å². The lowest BCUT2D eigenvalue weighted by molar-refractivity contribution is -0.135. The minimum Gasteiger partial charge on any atom is -0.483 e. The summed E-state index contributed by atoms with van der Waals surface area (Å²) in [5, 5.41) is 0. The number of carbonyl (C=O) groups is 2. The zero-order valence-electron chi connectivity index (χ0n) is 13.1. The van der Waals surface area contributed by atoms with Gasteiger partial charge in [-0.25, -0.2) is 0 Å². The molecule has 0 saturated carbocycles. The van der Waals surface area contributed by atoms with E-state index in [9.17, 15) is 9.59 Å². The summed E-state index contributed by atoms with van der Waals surface area (Å²) in [7, 11) is 1.52. The van der Waals surface area contributed by atoms with E-state index in [2.05, 4.69) is 0 Å². The Morgan fingerprint density at radius 1 is 1.04 bits per heavy atom. The molecule has 0 aliphatic heterocycles. The quantitative estimate of drug-likeness (QED) is 0.844. The molecule has 23 heavy (non-hydrogen) atoms. The van der Waals surface area contributed by atoms with Crippen LogP contribution in [0, 0.1) is 0 Å². The first-order chi connectivity index (χ1) is 11.1. The molecule has 0 atom stereocenters. The third-order valence-electron chi connectivity index (χ3n) is 3.38. The van der Waals surface area contributed by atoms with Gasteiger partial charge in [-0.1, -0.05) is 48.5 Å². The van der Waals surface area contributed by atoms with E-state index >= 15 is 0 Å². The Kier molecular flexibility index (Phi) is 5.74. The second kappa shape index (κ2) is 7.98. The molecule has 0 aromatic heterocycles. The lowest BCUT2D eigenvalue weighted by atomic mass is 10.0. The molecule has 0 heterocycles. The number of hydrogen-bond acceptors (Lipinski definition) is 3. The second-order valence-electron chi connectivity index (χ2n) is 5.27. The van der Waals surface area contributed by atoms with Crippen LogP contribution in [0.1, 0.15) is 11.1 Å². The molecule has 120 valence electrons. The molecule has 0 spiro atoms. The van der Waals surface area contributed by atoms with Gasteiger partial charge in [0.2, 0.25) is 5.91 Å². The SMILES string of the molecule is CN(CC(N)=O)C(=O)COc1ccccc1Cc1ccccc1. The molecular formula is C18H20N2O3. The number of ether oxygens (including phenoxy) is 1. The van der Waals surface area contributed by atoms with E-state index in [0.29, 0.717) is 5.75 Å². The van der Waals surface area contributed by atoms with Gasteiger partial charge in [0.25, 0.3) is 5.91 Å². The molecule has 2 rings (SSSR count). The van der Waals surface area contributed by atoms with Crippen molar-refractivity contribution in [3.63, 3.8) is 0 Å². The van der Waals surface area contributed by atoms with Gasteiger partial charge in [0, 0.05) is 13.5 Å². The molecular weight excluding hydrogens is 292 g/mol. The van der Waals surface area contributed by atoms with E-state index in [4.69, 9.17) is 10.5 Å². The number of nitrogens with two attached hydrogens (primary N) is 1. The van der Waals surface area contributed by atoms with Crippen molar-refractivity contribution in [1.82, 2.24) is 4.90 Å². The van der Waals surface area contributed by atoms with Crippen LogP contribution in [0.25, 0.3) is 0 Å². The van der Waals surface area contributed by atoms with Gasteiger partial charge in [-0.3, -0.25) is 9.59 Å². The van der Waals surface area contributed by atoms with Gasteiger partial charge in [-0.2, -0.15) is 0 Å². The Morgan fingerprint density at radius 2 is 1.70 bits per heavy atom. The van der Waals surface area contributed by atoms with Crippen LogP contribution >= 0.6 is 0 Å². The van der Waals surface area contributed by atoms with Crippen LogP contribution in [0.5, 0.6) is 5.75 Å². The largest absolute Gasteiger partial charge is 0.483 e. The van der Waals surface area contributed by atoms with E-state index in [1.54, 1.807) is 0 Å². The number of nitrogens with zero attached hydrogens (tertiary/aromatic N) is 1. The third-order valence-corrected chi connectivity index (χ3v) is 3.38. The summed E-state index contributed by atoms with van der Waals surface area (Å²) in [4.78, 5) is 24.0. The molecule has 2 N–H and O–H groups in total. The maximum absolute atomic E-state index is 11.9. The van der Waals surface area contributed by atoms with E-state index in [1.807, 2.05) is 54.6 Å². The fourth-order valence-corrected chi connectivity index (χ4v) is 2.18. The Hall–Kier alpha value is -2.82. The standard InChI is InChI=1S/C18H20N2O3/c1-20(12-17(19)21)18(22)13-23-16-10-6-5-9-15(16)11-14-7-3-2-4-8-14/h2-10H,11-13H2,1H3,(H2,19,21). The van der Waals surface area contributed by atoms with E-state index in [-0.39, 0.29) is 19.1 Å². The second-order valence-corrected chi connectivity index (χ2v) is 5.27. The van der Waals surface area contributed by atoms with Crippen LogP contribution in [-0.4, -0.2) is 36.9 Å². The summed E-state index contributed by atoms with van der Waals surface area (Å²) in [6.07, 6.45) is 0.725. The summed E-state index contributed by atoms with van der Waals surface area (Å²) < 4.78 is 5.63. The number of hydrogen-bond donors (Lipinski definition) is 1. The van der Waals surface area contributed by atoms with E-state index in [1.165, 1.54) is 17.5 Å². The minimum atomic E-state index is -0.551. The maximum atomic E-state index is 11.9. The fraction of sp³-hybridized carbons (Fsp3) is 0.222. The summed E-state index contributed by atoms with van der Waals surface area (Å²) >= 11 is 0. The summed E-state index contributed by atoms with van der Waals surface area (Å²) in [6, 6.07) is 17.6. The molecule has 0 saturated heterocycles. The van der Waals surface area contributed by atoms with Gasteiger partial charge in [-0.05, 0) is 17.2 Å². The van der Waals surface area contributed by atoms with Crippen molar-refractivity contribution in [3.8, 4) is 5.75 Å². The van der Waals surface area contributed by atoms with Gasteiger partial charge >= 0.3 is 0 Å². The minimum absolute atomic E-state index is 0.117. The molecule has 0 unspecified atom stereocenters. The van der Waals surface area contributed by atoms with Gasteiger partial charge in [0.1, 0.15) is 5.75 Å². The van der Waals surface area contributed by atoms with Crippen molar-refractivity contribution < 1.29 is 14.3 Å². The zero-order valence-corrected chi connectivity index (χ0v) is 13.1. The Labute approximate surface area is 135 Å². The van der Waals surface area contributed by atoms with Crippen LogP contribution in [0.4, 0.5) is 0 Å². The average molecular weight is 312 g/mol. The molecule has 2 aromatic carbocycles. The molecule has 0 radical (unpaired) electrons. The van der Waals surface area contributed by atoms with Crippen molar-refractivity contribution >= 4 is 11.8 Å². The zero-order chi connectivity index (χ0) is 16.7. The predicted octanol–water partition coefficient (Wildman–Crippen LogP) is 1.60. The predicted molar refractivity (Wildman–Crippen MR) is 88.0 cm³/mol. The number of benzene rings is 2. The number of primary amides is 1. The highest BCUT2D eigenvalue weighted by molar-refractivity contribution is 5.84. The number of rotatable bonds is 7. The van der Waals surface area contributed by atoms with Crippen molar-refractivity contribution in [2.45, 2.75) is 6.42 Å². The molecule has 0 aliphatic carbocycles. The Bertz CT molecular complexity index is 671. The van der Waals surface area contributed by atoms with Crippen molar-refractivity contribution in [3.05, 3.63) is 65.7 Å². The molecule has 0 aliphatic rings. The van der Waals surface area contributed by atoms with Gasteiger partial charge in [0.05, 0.1) is 6.54 Å². The van der Waals surface area contributed by atoms with E-state index < -0.39 is 5.91 Å². The highest BCUT2D eigenvalue weighted by atomic mass is 16.5. The fourth-order valence-electron chi connectivity index (χ4n) is 2.18. The monoisotopic (exact) mass is 312 g/mol. The molecule has 2 amide bonds. The van der Waals surface area contributed by atoms with Gasteiger partial charge in [-0.15, -0.1) is 0 Å². The van der Waals surface area contributed by atoms with Crippen molar-refractivity contribution in [2.24, 2.45) is 5.73 Å². The first-order valence-electron chi connectivity index (χ1n) is 7.33. The number of likely N-dealkylation sites (N-methyl/N-ethyl adjacent to an activating group) is 1. The highest BCUT2D eigenvalue weighted by Gasteiger charge is 2.13. The molecule has 5 nitrogen and oxygen atoms in total. The normalized spacial score (nSPS) is 10.1. The van der Waals surface area contributed by atoms with Gasteiger partial charge < -0.3 is 15.4 Å². The number of para-hydroxylation sites is 1. The Balaban J connectivity index is 2.00. The smallest absolute Gasteiger partial charge is 0.260 e. The molecule has 5 heteroatoms. The lowest BCUT2D eigenvalue weighted by Gasteiger charge is -2.16. The van der Waals surface area contributed by atoms with Crippen LogP contribution in [-0.2, 0) is 16.0 Å². The summed E-state index contributed by atoms with van der Waals surface area (Å²) in [6.45, 7) is -0.247. The lowest BCUT2D eigenvalue weighted by Crippen LogP contribution is -2.38. The van der Waals surface area contributed by atoms with Crippen LogP contribution in [0.2, 0.25) is 0 Å². The summed E-state index contributed by atoms with van der Waals surface area (Å²) in [5.74, 6) is -0.180. The van der Waals surface area contributed by atoms with Crippen molar-refractivity contribution in [1.29, 1.82) is 0 Å². The maximum Gasteiger partial charge on any atom is 0.260 e. The number of carbonyl (C=O) groups excluding carboxylic acids is 2. The van der Waals surface area contributed by atoms with Crippen LogP contribution in [0.15, 0.2) is 54.6 Å². The van der Waals surface area contributed by atoms with Crippen LogP contribution < -0.4 is 10.5 Å². The molecule has 2 aromatic rings. The van der Waals surface area contributed by atoms with Gasteiger partial charge in [0.15, 0.2) is 6.61 Å². The van der Waals surface area contributed by atoms with Crippen LogP contribution in [0.3, 0.4) is 0 Å². The molecule has 0 bridgehead atoms. The summed E-state index contributed by atoms with van der Waals surface area (Å²) in [5.41, 5.74) is 7.25. The Morgan fingerprint density at radius 3 is 2.39 bits per heavy atom. The number of amides is 2. The third kappa shape index (κ3) is 5.14. The van der Waals surface area contributed by atoms with Crippen molar-refractivity contribution in [2.75, 3.05) is 20.2 Å². The topological polar surface area (TPSA) is 72.6 Å².